The number of ether oxygens (including phenoxy) is 1. The van der Waals surface area contributed by atoms with E-state index in [0.717, 1.165) is 6.42 Å². The Labute approximate surface area is 78.4 Å². The van der Waals surface area contributed by atoms with Gasteiger partial charge in [-0.05, 0) is 20.3 Å². The van der Waals surface area contributed by atoms with Crippen LogP contribution >= 0.6 is 0 Å². The van der Waals surface area contributed by atoms with Gasteiger partial charge in [0.05, 0.1) is 0 Å². The van der Waals surface area contributed by atoms with Gasteiger partial charge in [-0.2, -0.15) is 4.89 Å². The summed E-state index contributed by atoms with van der Waals surface area (Å²) in [5.74, 6) is -0.481. The topological polar surface area (TPSA) is 44.8 Å². The Morgan fingerprint density at radius 1 is 1.54 bits per heavy atom. The molecule has 4 nitrogen and oxygen atoms in total. The quantitative estimate of drug-likeness (QED) is 0.285. The normalized spacial score (nSPS) is 14.0. The summed E-state index contributed by atoms with van der Waals surface area (Å²) < 4.78 is 4.72. The van der Waals surface area contributed by atoms with E-state index in [0.29, 0.717) is 5.57 Å². The molecule has 1 atom stereocenters. The minimum Gasteiger partial charge on any atom is -0.352 e. The van der Waals surface area contributed by atoms with Gasteiger partial charge in [-0.3, -0.25) is 4.89 Å². The first-order chi connectivity index (χ1) is 6.11. The Kier molecular flexibility index (Phi) is 6.18. The maximum absolute atomic E-state index is 11.1. The van der Waals surface area contributed by atoms with Crippen molar-refractivity contribution in [2.75, 3.05) is 7.11 Å². The Hall–Kier alpha value is -0.870. The van der Waals surface area contributed by atoms with Crippen LogP contribution in [0.2, 0.25) is 0 Å². The van der Waals surface area contributed by atoms with Crippen molar-refractivity contribution in [3.8, 4) is 0 Å². The van der Waals surface area contributed by atoms with Crippen LogP contribution in [0.1, 0.15) is 27.2 Å². The molecule has 0 heterocycles. The lowest BCUT2D eigenvalue weighted by molar-refractivity contribution is -0.339. The molecule has 0 amide bonds. The molecule has 0 aliphatic heterocycles. The molecule has 13 heavy (non-hydrogen) atoms. The van der Waals surface area contributed by atoms with Crippen LogP contribution in [0.5, 0.6) is 0 Å². The third-order valence-electron chi connectivity index (χ3n) is 1.42. The molecular weight excluding hydrogens is 172 g/mol. The molecule has 0 saturated carbocycles. The second kappa shape index (κ2) is 6.62. The molecule has 0 saturated heterocycles. The van der Waals surface area contributed by atoms with E-state index in [9.17, 15) is 4.79 Å². The highest BCUT2D eigenvalue weighted by atomic mass is 17.2. The third-order valence-corrected chi connectivity index (χ3v) is 1.42. The molecule has 1 unspecified atom stereocenters. The number of hydrogen-bond acceptors (Lipinski definition) is 4. The lowest BCUT2D eigenvalue weighted by atomic mass is 10.2. The molecule has 0 aliphatic rings. The Morgan fingerprint density at radius 2 is 2.15 bits per heavy atom. The highest BCUT2D eigenvalue weighted by molar-refractivity contribution is 5.87. The lowest BCUT2D eigenvalue weighted by Gasteiger charge is -2.08. The van der Waals surface area contributed by atoms with Gasteiger partial charge < -0.3 is 4.74 Å². The first-order valence-corrected chi connectivity index (χ1v) is 4.19. The van der Waals surface area contributed by atoms with Gasteiger partial charge >= 0.3 is 5.97 Å². The van der Waals surface area contributed by atoms with E-state index in [4.69, 9.17) is 4.74 Å². The van der Waals surface area contributed by atoms with Crippen molar-refractivity contribution >= 4 is 5.97 Å². The summed E-state index contributed by atoms with van der Waals surface area (Å²) in [5.41, 5.74) is 0.533. The molecule has 0 aliphatic carbocycles. The van der Waals surface area contributed by atoms with Crippen molar-refractivity contribution in [1.82, 2.24) is 0 Å². The maximum atomic E-state index is 11.1. The van der Waals surface area contributed by atoms with Crippen molar-refractivity contribution in [2.45, 2.75) is 33.5 Å². The van der Waals surface area contributed by atoms with Crippen LogP contribution in [0, 0.1) is 0 Å². The average molecular weight is 188 g/mol. The zero-order chi connectivity index (χ0) is 10.3. The number of carbonyl (C=O) groups is 1. The fourth-order valence-corrected chi connectivity index (χ4v) is 0.606. The summed E-state index contributed by atoms with van der Waals surface area (Å²) in [6.07, 6.45) is 2.02. The summed E-state index contributed by atoms with van der Waals surface area (Å²) in [5, 5.41) is 0. The number of methoxy groups -OCH3 is 1. The predicted octanol–water partition coefficient (Wildman–Crippen LogP) is 1.81. The first kappa shape index (κ1) is 12.1. The van der Waals surface area contributed by atoms with E-state index in [2.05, 4.69) is 9.78 Å². The van der Waals surface area contributed by atoms with E-state index in [-0.39, 0.29) is 0 Å². The molecule has 0 rings (SSSR count). The van der Waals surface area contributed by atoms with E-state index in [1.165, 1.54) is 7.11 Å². The minimum atomic E-state index is -0.543. The lowest BCUT2D eigenvalue weighted by Crippen LogP contribution is -2.15. The average Bonchev–Trinajstić information content (AvgIpc) is 2.13. The fourth-order valence-electron chi connectivity index (χ4n) is 0.606. The monoisotopic (exact) mass is 188 g/mol. The second-order valence-corrected chi connectivity index (χ2v) is 2.57. The molecule has 0 spiro atoms. The standard InChI is InChI=1S/C9H16O4/c1-5-6-7(2)9(10)13-12-8(3)11-4/h6,8H,5H2,1-4H3. The Balaban J connectivity index is 3.81. The van der Waals surface area contributed by atoms with Crippen molar-refractivity contribution in [3.05, 3.63) is 11.6 Å². The predicted molar refractivity (Wildman–Crippen MR) is 47.7 cm³/mol. The van der Waals surface area contributed by atoms with Crippen LogP contribution in [-0.4, -0.2) is 19.4 Å². The smallest absolute Gasteiger partial charge is 0.352 e. The Morgan fingerprint density at radius 3 is 2.62 bits per heavy atom. The number of rotatable bonds is 5. The molecule has 0 fully saturated rings. The van der Waals surface area contributed by atoms with Gasteiger partial charge in [0.2, 0.25) is 0 Å². The van der Waals surface area contributed by atoms with Gasteiger partial charge in [-0.1, -0.05) is 13.0 Å². The first-order valence-electron chi connectivity index (χ1n) is 4.19. The van der Waals surface area contributed by atoms with E-state index in [1.54, 1.807) is 19.9 Å². The van der Waals surface area contributed by atoms with Crippen LogP contribution in [0.4, 0.5) is 0 Å². The summed E-state index contributed by atoms with van der Waals surface area (Å²) >= 11 is 0. The van der Waals surface area contributed by atoms with Gasteiger partial charge in [0.1, 0.15) is 0 Å². The Bertz CT molecular complexity index is 186. The molecule has 0 radical (unpaired) electrons. The van der Waals surface area contributed by atoms with Crippen molar-refractivity contribution < 1.29 is 19.3 Å². The van der Waals surface area contributed by atoms with Crippen LogP contribution in [0.3, 0.4) is 0 Å². The summed E-state index contributed by atoms with van der Waals surface area (Å²) in [7, 11) is 1.47. The number of carbonyl (C=O) groups excluding carboxylic acids is 1. The number of allylic oxidation sites excluding steroid dienone is 1. The molecular formula is C9H16O4. The molecule has 0 aromatic carbocycles. The highest BCUT2D eigenvalue weighted by Crippen LogP contribution is 2.01. The summed E-state index contributed by atoms with van der Waals surface area (Å²) in [6.45, 7) is 5.24. The zero-order valence-electron chi connectivity index (χ0n) is 8.49. The fraction of sp³-hybridized carbons (Fsp3) is 0.667. The van der Waals surface area contributed by atoms with Gasteiger partial charge in [-0.25, -0.2) is 4.79 Å². The largest absolute Gasteiger partial charge is 0.368 e. The molecule has 76 valence electrons. The molecule has 0 N–H and O–H groups in total. The zero-order valence-corrected chi connectivity index (χ0v) is 8.49. The highest BCUT2D eigenvalue weighted by Gasteiger charge is 2.08. The molecule has 4 heteroatoms. The minimum absolute atomic E-state index is 0.481. The van der Waals surface area contributed by atoms with Crippen LogP contribution in [-0.2, 0) is 19.3 Å². The van der Waals surface area contributed by atoms with Crippen LogP contribution in [0.25, 0.3) is 0 Å². The van der Waals surface area contributed by atoms with Crippen molar-refractivity contribution in [2.24, 2.45) is 0 Å². The van der Waals surface area contributed by atoms with E-state index < -0.39 is 12.3 Å². The maximum Gasteiger partial charge on any atom is 0.368 e. The molecule has 0 aromatic heterocycles. The SMILES string of the molecule is CCC=C(C)C(=O)OOC(C)OC. The van der Waals surface area contributed by atoms with Gasteiger partial charge in [0.15, 0.2) is 6.29 Å². The third kappa shape index (κ3) is 5.38. The van der Waals surface area contributed by atoms with Crippen molar-refractivity contribution in [3.63, 3.8) is 0 Å². The molecule has 0 aromatic rings. The van der Waals surface area contributed by atoms with Crippen LogP contribution < -0.4 is 0 Å². The second-order valence-electron chi connectivity index (χ2n) is 2.57. The van der Waals surface area contributed by atoms with Gasteiger partial charge in [0.25, 0.3) is 0 Å². The van der Waals surface area contributed by atoms with Gasteiger partial charge in [-0.15, -0.1) is 0 Å². The summed E-state index contributed by atoms with van der Waals surface area (Å²) in [4.78, 5) is 20.2. The summed E-state index contributed by atoms with van der Waals surface area (Å²) in [6, 6.07) is 0. The van der Waals surface area contributed by atoms with Crippen LogP contribution in [0.15, 0.2) is 11.6 Å². The molecule has 0 bridgehead atoms. The van der Waals surface area contributed by atoms with Gasteiger partial charge in [0, 0.05) is 12.7 Å². The van der Waals surface area contributed by atoms with E-state index in [1.807, 2.05) is 6.92 Å². The van der Waals surface area contributed by atoms with Crippen molar-refractivity contribution in [1.29, 1.82) is 0 Å². The van der Waals surface area contributed by atoms with E-state index >= 15 is 0 Å². The number of hydrogen-bond donors (Lipinski definition) is 0.